The van der Waals surface area contributed by atoms with Gasteiger partial charge in [0.05, 0.1) is 12.5 Å². The molecule has 1 aromatic carbocycles. The van der Waals surface area contributed by atoms with Crippen LogP contribution >= 0.6 is 0 Å². The van der Waals surface area contributed by atoms with Gasteiger partial charge in [-0.15, -0.1) is 0 Å². The summed E-state index contributed by atoms with van der Waals surface area (Å²) in [5, 5.41) is 11.7. The normalized spacial score (nSPS) is 17.3. The number of urea groups is 1. The molecule has 1 aromatic rings. The predicted molar refractivity (Wildman–Crippen MR) is 105 cm³/mol. The maximum Gasteiger partial charge on any atom is 0.325 e. The van der Waals surface area contributed by atoms with Crippen LogP contribution < -0.4 is 16.5 Å². The molecule has 0 spiro atoms. The van der Waals surface area contributed by atoms with E-state index in [4.69, 9.17) is 5.73 Å². The Hall–Kier alpha value is -3.20. The molecule has 2 rings (SSSR count). The molecule has 2 atom stereocenters. The summed E-state index contributed by atoms with van der Waals surface area (Å²) in [6.07, 6.45) is 3.32. The van der Waals surface area contributed by atoms with E-state index in [9.17, 15) is 24.4 Å². The van der Waals surface area contributed by atoms with Gasteiger partial charge in [-0.1, -0.05) is 56.3 Å². The van der Waals surface area contributed by atoms with Gasteiger partial charge in [0.2, 0.25) is 11.8 Å². The molecule has 0 aliphatic carbocycles. The first kappa shape index (κ1) is 22.1. The Morgan fingerprint density at radius 2 is 1.97 bits per heavy atom. The number of carbonyl (C=O) groups is 4. The summed E-state index contributed by atoms with van der Waals surface area (Å²) < 4.78 is 0. The summed E-state index contributed by atoms with van der Waals surface area (Å²) in [7, 11) is 0. The van der Waals surface area contributed by atoms with Crippen LogP contribution in [-0.4, -0.2) is 45.9 Å². The molecule has 1 unspecified atom stereocenters. The molecule has 9 heteroatoms. The van der Waals surface area contributed by atoms with Crippen LogP contribution in [0, 0.1) is 11.8 Å². The summed E-state index contributed by atoms with van der Waals surface area (Å²) >= 11 is 0. The first-order valence-electron chi connectivity index (χ1n) is 9.30. The molecule has 5 amide bonds. The molecule has 1 fully saturated rings. The van der Waals surface area contributed by atoms with E-state index in [2.05, 4.69) is 5.32 Å². The second-order valence-electron chi connectivity index (χ2n) is 7.35. The zero-order valence-electron chi connectivity index (χ0n) is 16.4. The van der Waals surface area contributed by atoms with Gasteiger partial charge in [-0.25, -0.2) is 15.2 Å². The monoisotopic (exact) mass is 402 g/mol. The Morgan fingerprint density at radius 1 is 1.31 bits per heavy atom. The van der Waals surface area contributed by atoms with Crippen molar-refractivity contribution in [1.82, 2.24) is 15.7 Å². The maximum absolute atomic E-state index is 12.7. The smallest absolute Gasteiger partial charge is 0.325 e. The van der Waals surface area contributed by atoms with Crippen LogP contribution in [0.1, 0.15) is 32.3 Å². The van der Waals surface area contributed by atoms with Crippen molar-refractivity contribution in [3.63, 3.8) is 0 Å². The highest BCUT2D eigenvalue weighted by Gasteiger charge is 2.57. The van der Waals surface area contributed by atoms with E-state index in [0.717, 1.165) is 10.5 Å². The first-order valence-corrected chi connectivity index (χ1v) is 9.30. The number of imide groups is 1. The number of amides is 5. The molecular weight excluding hydrogens is 376 g/mol. The third-order valence-electron chi connectivity index (χ3n) is 4.87. The van der Waals surface area contributed by atoms with Gasteiger partial charge in [0, 0.05) is 0 Å². The van der Waals surface area contributed by atoms with E-state index in [1.54, 1.807) is 31.5 Å². The van der Waals surface area contributed by atoms with Crippen molar-refractivity contribution in [3.05, 3.63) is 42.0 Å². The average molecular weight is 402 g/mol. The van der Waals surface area contributed by atoms with Gasteiger partial charge in [0.15, 0.2) is 0 Å². The summed E-state index contributed by atoms with van der Waals surface area (Å²) in [6.45, 7) is 3.27. The Labute approximate surface area is 168 Å². The fraction of sp³-hybridized carbons (Fsp3) is 0.400. The van der Waals surface area contributed by atoms with Crippen molar-refractivity contribution in [1.29, 1.82) is 0 Å². The molecule has 1 heterocycles. The Kier molecular flexibility index (Phi) is 7.11. The van der Waals surface area contributed by atoms with Crippen molar-refractivity contribution in [2.75, 3.05) is 6.54 Å². The quantitative estimate of drug-likeness (QED) is 0.277. The van der Waals surface area contributed by atoms with Gasteiger partial charge in [-0.05, 0) is 24.3 Å². The number of benzene rings is 1. The second kappa shape index (κ2) is 9.33. The van der Waals surface area contributed by atoms with E-state index in [0.29, 0.717) is 0 Å². The van der Waals surface area contributed by atoms with Gasteiger partial charge in [-0.3, -0.25) is 19.6 Å². The number of rotatable bonds is 9. The molecule has 1 aliphatic heterocycles. The molecule has 29 heavy (non-hydrogen) atoms. The van der Waals surface area contributed by atoms with E-state index in [1.807, 2.05) is 30.3 Å². The minimum Gasteiger partial charge on any atom is -0.368 e. The lowest BCUT2D eigenvalue weighted by Crippen LogP contribution is -2.67. The van der Waals surface area contributed by atoms with Gasteiger partial charge in [0.25, 0.3) is 5.91 Å². The zero-order chi connectivity index (χ0) is 21.6. The topological polar surface area (TPSA) is 142 Å². The fourth-order valence-corrected chi connectivity index (χ4v) is 3.72. The van der Waals surface area contributed by atoms with E-state index >= 15 is 0 Å². The summed E-state index contributed by atoms with van der Waals surface area (Å²) in [5.41, 5.74) is 6.18. The number of nitrogens with zero attached hydrogens (tertiary/aromatic N) is 1. The SMILES string of the molecule is CC(C)CC(C(N)=O)([C@@H](C/C=C\c1ccccc1)C(=O)NO)N1C(=O)CNC1=O. The van der Waals surface area contributed by atoms with Crippen molar-refractivity contribution in [2.45, 2.75) is 32.2 Å². The van der Waals surface area contributed by atoms with Gasteiger partial charge in [0.1, 0.15) is 5.54 Å². The largest absolute Gasteiger partial charge is 0.368 e. The minimum atomic E-state index is -1.93. The van der Waals surface area contributed by atoms with Crippen LogP contribution in [0.5, 0.6) is 0 Å². The molecule has 0 radical (unpaired) electrons. The molecule has 156 valence electrons. The number of carbonyl (C=O) groups excluding carboxylic acids is 4. The van der Waals surface area contributed by atoms with Crippen LogP contribution in [0.3, 0.4) is 0 Å². The van der Waals surface area contributed by atoms with Crippen molar-refractivity contribution in [3.8, 4) is 0 Å². The average Bonchev–Trinajstić information content (AvgIpc) is 3.02. The number of allylic oxidation sites excluding steroid dienone is 1. The molecule has 9 nitrogen and oxygen atoms in total. The highest BCUT2D eigenvalue weighted by Crippen LogP contribution is 2.36. The standard InChI is InChI=1S/C20H26N4O5/c1-13(2)11-20(18(21)27,24-16(25)12-22-19(24)28)15(17(26)23-29)10-6-9-14-7-4-3-5-8-14/h3-9,13,15,29H,10-12H2,1-2H3,(H2,21,27)(H,22,28)(H,23,26)/b9-6-/t15-,20?/m0/s1. The number of nitrogens with one attached hydrogen (secondary N) is 2. The highest BCUT2D eigenvalue weighted by atomic mass is 16.5. The lowest BCUT2D eigenvalue weighted by Gasteiger charge is -2.42. The van der Waals surface area contributed by atoms with Gasteiger partial charge < -0.3 is 11.1 Å². The Morgan fingerprint density at radius 3 is 2.45 bits per heavy atom. The van der Waals surface area contributed by atoms with Crippen molar-refractivity contribution >= 4 is 29.8 Å². The van der Waals surface area contributed by atoms with Crippen LogP contribution in [0.2, 0.25) is 0 Å². The molecule has 0 saturated carbocycles. The Bertz CT molecular complexity index is 792. The third-order valence-corrected chi connectivity index (χ3v) is 4.87. The van der Waals surface area contributed by atoms with Crippen LogP contribution in [0.4, 0.5) is 4.79 Å². The molecule has 1 aliphatic rings. The predicted octanol–water partition coefficient (Wildman–Crippen LogP) is 1.03. The van der Waals surface area contributed by atoms with Crippen LogP contribution in [0.25, 0.3) is 6.08 Å². The third kappa shape index (κ3) is 4.62. The summed E-state index contributed by atoms with van der Waals surface area (Å²) in [5.74, 6) is -4.01. The first-order chi connectivity index (χ1) is 13.7. The number of nitrogens with two attached hydrogens (primary N) is 1. The number of hydrogen-bond donors (Lipinski definition) is 4. The van der Waals surface area contributed by atoms with Crippen LogP contribution in [-0.2, 0) is 14.4 Å². The fourth-order valence-electron chi connectivity index (χ4n) is 3.72. The lowest BCUT2D eigenvalue weighted by atomic mass is 9.73. The van der Waals surface area contributed by atoms with E-state index in [-0.39, 0.29) is 25.3 Å². The second-order valence-corrected chi connectivity index (χ2v) is 7.35. The van der Waals surface area contributed by atoms with Crippen molar-refractivity contribution < 1.29 is 24.4 Å². The number of hydroxylamine groups is 1. The van der Waals surface area contributed by atoms with E-state index < -0.39 is 35.2 Å². The lowest BCUT2D eigenvalue weighted by molar-refractivity contribution is -0.152. The molecule has 0 bridgehead atoms. The highest BCUT2D eigenvalue weighted by molar-refractivity contribution is 6.08. The Balaban J connectivity index is 2.52. The molecule has 1 saturated heterocycles. The maximum atomic E-state index is 12.7. The van der Waals surface area contributed by atoms with Gasteiger partial charge in [-0.2, -0.15) is 0 Å². The molecule has 0 aromatic heterocycles. The minimum absolute atomic E-state index is 0.0290. The molecular formula is C20H26N4O5. The van der Waals surface area contributed by atoms with E-state index in [1.165, 1.54) is 0 Å². The number of hydrogen-bond acceptors (Lipinski definition) is 5. The van der Waals surface area contributed by atoms with Gasteiger partial charge >= 0.3 is 6.03 Å². The summed E-state index contributed by atoms with van der Waals surface area (Å²) in [4.78, 5) is 50.9. The molecule has 5 N–H and O–H groups in total. The number of primary amides is 1. The summed E-state index contributed by atoms with van der Waals surface area (Å²) in [6, 6.07) is 8.46. The van der Waals surface area contributed by atoms with Crippen molar-refractivity contribution in [2.24, 2.45) is 17.6 Å². The zero-order valence-corrected chi connectivity index (χ0v) is 16.4. The van der Waals surface area contributed by atoms with Crippen LogP contribution in [0.15, 0.2) is 36.4 Å².